The summed E-state index contributed by atoms with van der Waals surface area (Å²) in [4.78, 5) is 4.49. The first-order valence-corrected chi connectivity index (χ1v) is 11.0. The van der Waals surface area contributed by atoms with Crippen molar-refractivity contribution in [3.05, 3.63) is 114 Å². The third-order valence-corrected chi connectivity index (χ3v) is 6.75. The Morgan fingerprint density at radius 1 is 0.839 bits per heavy atom. The maximum Gasteiger partial charge on any atom is 0.0705 e. The van der Waals surface area contributed by atoms with Gasteiger partial charge in [0.05, 0.1) is 5.69 Å². The largest absolute Gasteiger partial charge is 0.256 e. The molecule has 0 saturated heterocycles. The van der Waals surface area contributed by atoms with Crippen molar-refractivity contribution >= 4 is 42.3 Å². The minimum atomic E-state index is -2.49. The summed E-state index contributed by atoms with van der Waals surface area (Å²) in [6, 6.07) is 29.0. The Labute approximate surface area is 192 Å². The Bertz CT molecular complexity index is 1750. The van der Waals surface area contributed by atoms with E-state index in [2.05, 4.69) is 41.4 Å². The number of aryl methyl sites for hydroxylation is 1. The molecule has 2 heterocycles. The quantitative estimate of drug-likeness (QED) is 0.281. The molecule has 0 unspecified atom stereocenters. The molecule has 0 aliphatic carbocycles. The molecular formula is C29H21NS. The maximum absolute atomic E-state index is 8.88. The van der Waals surface area contributed by atoms with Crippen LogP contribution in [-0.4, -0.2) is 4.98 Å². The highest BCUT2D eigenvalue weighted by Gasteiger charge is 2.11. The summed E-state index contributed by atoms with van der Waals surface area (Å²) in [5.41, 5.74) is 1.79. The number of aromatic nitrogens is 1. The molecule has 2 heteroatoms. The van der Waals surface area contributed by atoms with Crippen molar-refractivity contribution in [3.8, 4) is 11.3 Å². The molecule has 0 radical (unpaired) electrons. The van der Waals surface area contributed by atoms with Crippen LogP contribution in [0.15, 0.2) is 97.2 Å². The summed E-state index contributed by atoms with van der Waals surface area (Å²) >= 11 is 1.74. The summed E-state index contributed by atoms with van der Waals surface area (Å²) < 4.78 is 44.2. The predicted molar refractivity (Wildman–Crippen MR) is 134 cm³/mol. The Morgan fingerprint density at radius 3 is 2.58 bits per heavy atom. The van der Waals surface area contributed by atoms with E-state index in [-0.39, 0.29) is 11.1 Å². The van der Waals surface area contributed by atoms with Gasteiger partial charge in [-0.25, -0.2) is 0 Å². The summed E-state index contributed by atoms with van der Waals surface area (Å²) in [5, 5.41) is 4.66. The predicted octanol–water partition coefficient (Wildman–Crippen LogP) is 8.17. The second-order valence-electron chi connectivity index (χ2n) is 7.58. The molecule has 2 aromatic heterocycles. The molecule has 31 heavy (non-hydrogen) atoms. The standard InChI is InChI=1S/C29H21NS/c1-19-18-30-26(17-23(19)15-20-7-3-2-4-8-20)22-12-13-27-25(16-22)29-24-10-6-5-9-21(24)11-14-28(29)31-27/h2-14,16-18H,15H2,1H3/i1D3,15D2. The molecule has 0 amide bonds. The van der Waals surface area contributed by atoms with E-state index in [4.69, 9.17) is 6.85 Å². The Kier molecular flexibility index (Phi) is 3.25. The third kappa shape index (κ3) is 3.20. The van der Waals surface area contributed by atoms with Gasteiger partial charge < -0.3 is 0 Å². The van der Waals surface area contributed by atoms with Crippen LogP contribution < -0.4 is 0 Å². The number of hydrogen-bond donors (Lipinski definition) is 0. The van der Waals surface area contributed by atoms with Crippen molar-refractivity contribution in [1.29, 1.82) is 0 Å². The zero-order chi connectivity index (χ0) is 25.1. The second kappa shape index (κ2) is 7.33. The molecular weight excluding hydrogens is 394 g/mol. The normalized spacial score (nSPS) is 14.8. The molecule has 0 atom stereocenters. The van der Waals surface area contributed by atoms with Gasteiger partial charge in [0.25, 0.3) is 0 Å². The second-order valence-corrected chi connectivity index (χ2v) is 8.66. The number of rotatable bonds is 3. The smallest absolute Gasteiger partial charge is 0.0705 e. The number of hydrogen-bond acceptors (Lipinski definition) is 2. The molecule has 0 bridgehead atoms. The van der Waals surface area contributed by atoms with Gasteiger partial charge in [0.15, 0.2) is 0 Å². The number of benzene rings is 4. The average Bonchev–Trinajstić information content (AvgIpc) is 3.27. The Hall–Kier alpha value is -3.49. The van der Waals surface area contributed by atoms with Crippen molar-refractivity contribution in [2.75, 3.05) is 0 Å². The first-order valence-electron chi connectivity index (χ1n) is 12.6. The maximum atomic E-state index is 8.88. The van der Waals surface area contributed by atoms with Crippen molar-refractivity contribution < 1.29 is 6.85 Å². The van der Waals surface area contributed by atoms with Gasteiger partial charge in [-0.2, -0.15) is 0 Å². The van der Waals surface area contributed by atoms with Gasteiger partial charge in [0.2, 0.25) is 0 Å². The lowest BCUT2D eigenvalue weighted by Gasteiger charge is -2.09. The highest BCUT2D eigenvalue weighted by atomic mass is 32.1. The van der Waals surface area contributed by atoms with E-state index in [9.17, 15) is 0 Å². The number of nitrogens with zero attached hydrogens (tertiary/aromatic N) is 1. The first kappa shape index (κ1) is 13.7. The molecule has 6 aromatic rings. The van der Waals surface area contributed by atoms with Crippen LogP contribution in [0.5, 0.6) is 0 Å². The lowest BCUT2D eigenvalue weighted by atomic mass is 9.98. The van der Waals surface area contributed by atoms with Crippen LogP contribution in [0.1, 0.15) is 23.5 Å². The molecule has 6 rings (SSSR count). The van der Waals surface area contributed by atoms with Crippen molar-refractivity contribution in [3.63, 3.8) is 0 Å². The lowest BCUT2D eigenvalue weighted by Crippen LogP contribution is -1.95. The minimum Gasteiger partial charge on any atom is -0.256 e. The number of fused-ring (bicyclic) bond motifs is 5. The van der Waals surface area contributed by atoms with Gasteiger partial charge >= 0.3 is 0 Å². The van der Waals surface area contributed by atoms with Gasteiger partial charge in [-0.3, -0.25) is 4.98 Å². The van der Waals surface area contributed by atoms with Crippen molar-refractivity contribution in [2.24, 2.45) is 0 Å². The van der Waals surface area contributed by atoms with E-state index in [0.717, 1.165) is 15.6 Å². The fourth-order valence-electron chi connectivity index (χ4n) is 4.10. The molecule has 0 N–H and O–H groups in total. The van der Waals surface area contributed by atoms with Crippen LogP contribution in [-0.2, 0) is 6.37 Å². The summed E-state index contributed by atoms with van der Waals surface area (Å²) in [6.07, 6.45) is -0.693. The average molecular weight is 421 g/mol. The Balaban J connectivity index is 1.58. The Morgan fingerprint density at radius 2 is 1.68 bits per heavy atom. The molecule has 4 aromatic carbocycles. The monoisotopic (exact) mass is 420 g/mol. The third-order valence-electron chi connectivity index (χ3n) is 5.61. The van der Waals surface area contributed by atoms with Crippen LogP contribution in [0.2, 0.25) is 0 Å². The van der Waals surface area contributed by atoms with E-state index in [1.807, 2.05) is 24.3 Å². The van der Waals surface area contributed by atoms with Crippen LogP contribution in [0, 0.1) is 6.85 Å². The molecule has 0 aliphatic rings. The van der Waals surface area contributed by atoms with Crippen LogP contribution in [0.25, 0.3) is 42.2 Å². The zero-order valence-electron chi connectivity index (χ0n) is 21.6. The highest BCUT2D eigenvalue weighted by Crippen LogP contribution is 2.40. The van der Waals surface area contributed by atoms with Crippen LogP contribution >= 0.6 is 11.3 Å². The van der Waals surface area contributed by atoms with Gasteiger partial charge in [-0.15, -0.1) is 11.3 Å². The topological polar surface area (TPSA) is 12.9 Å². The lowest BCUT2D eigenvalue weighted by molar-refractivity contribution is 1.12. The molecule has 1 nitrogen and oxygen atoms in total. The highest BCUT2D eigenvalue weighted by molar-refractivity contribution is 7.26. The van der Waals surface area contributed by atoms with Crippen LogP contribution in [0.4, 0.5) is 0 Å². The molecule has 0 spiro atoms. The van der Waals surface area contributed by atoms with E-state index in [1.165, 1.54) is 27.1 Å². The number of pyridine rings is 1. The van der Waals surface area contributed by atoms with Gasteiger partial charge in [-0.1, -0.05) is 66.7 Å². The molecule has 148 valence electrons. The number of thiophene rings is 1. The molecule has 0 fully saturated rings. The summed E-state index contributed by atoms with van der Waals surface area (Å²) in [7, 11) is 0. The first-order chi connectivity index (χ1) is 17.2. The van der Waals surface area contributed by atoms with E-state index >= 15 is 0 Å². The van der Waals surface area contributed by atoms with Gasteiger partial charge in [-0.05, 0) is 65.0 Å². The SMILES string of the molecule is [2H]C([2H])([2H])c1cnc(-c2ccc3sc4ccc5ccccc5c4c3c2)cc1C([2H])([2H])c1ccccc1. The van der Waals surface area contributed by atoms with Gasteiger partial charge in [0, 0.05) is 38.8 Å². The van der Waals surface area contributed by atoms with E-state index in [0.29, 0.717) is 11.3 Å². The fraction of sp³-hybridized carbons (Fsp3) is 0.0690. The summed E-state index contributed by atoms with van der Waals surface area (Å²) in [6.45, 7) is -2.49. The fourth-order valence-corrected chi connectivity index (χ4v) is 5.20. The van der Waals surface area contributed by atoms with E-state index < -0.39 is 13.2 Å². The van der Waals surface area contributed by atoms with E-state index in [1.54, 1.807) is 41.7 Å². The minimum absolute atomic E-state index is 0.0758. The molecule has 0 aliphatic heterocycles. The zero-order valence-corrected chi connectivity index (χ0v) is 17.4. The molecule has 0 saturated carbocycles. The summed E-state index contributed by atoms with van der Waals surface area (Å²) in [5.74, 6) is 0. The van der Waals surface area contributed by atoms with Crippen LogP contribution in [0.3, 0.4) is 0 Å². The van der Waals surface area contributed by atoms with Gasteiger partial charge in [0.1, 0.15) is 0 Å². The van der Waals surface area contributed by atoms with Crippen molar-refractivity contribution in [1.82, 2.24) is 4.98 Å². The van der Waals surface area contributed by atoms with Crippen molar-refractivity contribution in [2.45, 2.75) is 13.2 Å².